The standard InChI is InChI=1S/C27H23ClN4O2S/c1-16-13-21(17(2)31(16)19-8-6-18(28)7-9-19)26-25(22-5-3-4-12-29-22)30-27(35)32(26)20-10-11-23-24(14-20)34-15-33-23/h3-14,25-26H,15H2,1-2H3,(H,30,35)/t25-,26+/m1/s1. The molecule has 4 heterocycles. The van der Waals surface area contributed by atoms with Gasteiger partial charge in [0, 0.05) is 40.0 Å². The summed E-state index contributed by atoms with van der Waals surface area (Å²) in [6.07, 6.45) is 1.82. The van der Waals surface area contributed by atoms with Gasteiger partial charge in [-0.25, -0.2) is 0 Å². The molecule has 176 valence electrons. The van der Waals surface area contributed by atoms with Gasteiger partial charge in [0.05, 0.1) is 17.8 Å². The Bertz CT molecular complexity index is 1420. The number of aromatic nitrogens is 2. The molecule has 6 nitrogen and oxygen atoms in total. The highest BCUT2D eigenvalue weighted by atomic mass is 35.5. The van der Waals surface area contributed by atoms with Crippen molar-refractivity contribution >= 4 is 34.6 Å². The van der Waals surface area contributed by atoms with E-state index in [2.05, 4.69) is 39.7 Å². The maximum Gasteiger partial charge on any atom is 0.231 e. The van der Waals surface area contributed by atoms with Crippen LogP contribution in [0.1, 0.15) is 34.7 Å². The van der Waals surface area contributed by atoms with Crippen LogP contribution in [-0.2, 0) is 0 Å². The number of hydrogen-bond acceptors (Lipinski definition) is 4. The van der Waals surface area contributed by atoms with Crippen LogP contribution >= 0.6 is 23.8 Å². The number of aryl methyl sites for hydroxylation is 1. The van der Waals surface area contributed by atoms with Crippen molar-refractivity contribution < 1.29 is 9.47 Å². The fourth-order valence-corrected chi connectivity index (χ4v) is 5.53. The van der Waals surface area contributed by atoms with Crippen LogP contribution in [-0.4, -0.2) is 21.5 Å². The van der Waals surface area contributed by atoms with E-state index in [0.29, 0.717) is 10.1 Å². The molecule has 2 aliphatic heterocycles. The molecule has 2 aliphatic rings. The Kier molecular flexibility index (Phi) is 5.39. The minimum absolute atomic E-state index is 0.120. The molecule has 0 bridgehead atoms. The molecular formula is C27H23ClN4O2S. The summed E-state index contributed by atoms with van der Waals surface area (Å²) in [6.45, 7) is 4.49. The Morgan fingerprint density at radius 3 is 2.51 bits per heavy atom. The van der Waals surface area contributed by atoms with E-state index in [1.54, 1.807) is 0 Å². The molecule has 6 rings (SSSR count). The number of benzene rings is 2. The Labute approximate surface area is 214 Å². The molecule has 1 N–H and O–H groups in total. The van der Waals surface area contributed by atoms with Crippen molar-refractivity contribution in [2.75, 3.05) is 11.7 Å². The molecule has 0 unspecified atom stereocenters. The van der Waals surface area contributed by atoms with E-state index in [-0.39, 0.29) is 18.9 Å². The molecule has 8 heteroatoms. The highest BCUT2D eigenvalue weighted by Gasteiger charge is 2.42. The number of ether oxygens (including phenoxy) is 2. The molecule has 0 aliphatic carbocycles. The molecule has 0 saturated carbocycles. The van der Waals surface area contributed by atoms with Gasteiger partial charge in [-0.05, 0) is 86.2 Å². The first-order valence-electron chi connectivity index (χ1n) is 11.4. The summed E-state index contributed by atoms with van der Waals surface area (Å²) in [5.41, 5.74) is 6.35. The van der Waals surface area contributed by atoms with Crippen LogP contribution in [0.5, 0.6) is 11.5 Å². The average molecular weight is 503 g/mol. The van der Waals surface area contributed by atoms with E-state index in [1.807, 2.05) is 66.9 Å². The van der Waals surface area contributed by atoms with Crippen molar-refractivity contribution in [2.45, 2.75) is 25.9 Å². The van der Waals surface area contributed by atoms with E-state index < -0.39 is 0 Å². The Morgan fingerprint density at radius 2 is 1.74 bits per heavy atom. The molecular weight excluding hydrogens is 480 g/mol. The molecule has 0 radical (unpaired) electrons. The summed E-state index contributed by atoms with van der Waals surface area (Å²) >= 11 is 12.0. The summed E-state index contributed by atoms with van der Waals surface area (Å²) in [6, 6.07) is 21.8. The van der Waals surface area contributed by atoms with Crippen LogP contribution in [0.4, 0.5) is 5.69 Å². The van der Waals surface area contributed by atoms with Crippen LogP contribution in [0.15, 0.2) is 72.9 Å². The van der Waals surface area contributed by atoms with Crippen molar-refractivity contribution in [1.82, 2.24) is 14.9 Å². The first-order valence-corrected chi connectivity index (χ1v) is 12.1. The second-order valence-corrected chi connectivity index (χ2v) is 9.50. The minimum atomic E-state index is -0.131. The third-order valence-corrected chi connectivity index (χ3v) is 7.17. The van der Waals surface area contributed by atoms with Crippen molar-refractivity contribution in [3.63, 3.8) is 0 Å². The van der Waals surface area contributed by atoms with Crippen molar-refractivity contribution in [3.05, 3.63) is 101 Å². The number of fused-ring (bicyclic) bond motifs is 1. The summed E-state index contributed by atoms with van der Waals surface area (Å²) in [5, 5.41) is 4.89. The fraction of sp³-hybridized carbons (Fsp3) is 0.185. The second kappa shape index (κ2) is 8.59. The van der Waals surface area contributed by atoms with Crippen molar-refractivity contribution in [3.8, 4) is 17.2 Å². The van der Waals surface area contributed by atoms with Crippen LogP contribution < -0.4 is 19.7 Å². The number of nitrogens with zero attached hydrogens (tertiary/aromatic N) is 3. The molecule has 0 spiro atoms. The number of hydrogen-bond donors (Lipinski definition) is 1. The zero-order chi connectivity index (χ0) is 24.1. The molecule has 2 atom stereocenters. The van der Waals surface area contributed by atoms with Gasteiger partial charge in [-0.2, -0.15) is 0 Å². The Hall–Kier alpha value is -3.55. The molecule has 2 aromatic heterocycles. The van der Waals surface area contributed by atoms with Gasteiger partial charge in [-0.15, -0.1) is 0 Å². The monoisotopic (exact) mass is 502 g/mol. The number of nitrogens with one attached hydrogen (secondary N) is 1. The van der Waals surface area contributed by atoms with Crippen molar-refractivity contribution in [2.24, 2.45) is 0 Å². The number of pyridine rings is 1. The predicted molar refractivity (Wildman–Crippen MR) is 141 cm³/mol. The summed E-state index contributed by atoms with van der Waals surface area (Å²) < 4.78 is 13.4. The maximum absolute atomic E-state index is 6.15. The second-order valence-electron chi connectivity index (χ2n) is 8.67. The lowest BCUT2D eigenvalue weighted by molar-refractivity contribution is 0.174. The molecule has 0 amide bonds. The summed E-state index contributed by atoms with van der Waals surface area (Å²) in [5.74, 6) is 1.46. The highest BCUT2D eigenvalue weighted by molar-refractivity contribution is 7.80. The Balaban J connectivity index is 1.51. The van der Waals surface area contributed by atoms with Gasteiger partial charge < -0.3 is 24.3 Å². The van der Waals surface area contributed by atoms with Gasteiger partial charge in [0.15, 0.2) is 16.6 Å². The van der Waals surface area contributed by atoms with Gasteiger partial charge in [0.2, 0.25) is 6.79 Å². The predicted octanol–water partition coefficient (Wildman–Crippen LogP) is 6.05. The topological polar surface area (TPSA) is 51.6 Å². The molecule has 1 saturated heterocycles. The smallest absolute Gasteiger partial charge is 0.231 e. The van der Waals surface area contributed by atoms with E-state index in [0.717, 1.165) is 45.5 Å². The lowest BCUT2D eigenvalue weighted by Crippen LogP contribution is -2.29. The van der Waals surface area contributed by atoms with Crippen LogP contribution in [0, 0.1) is 13.8 Å². The lowest BCUT2D eigenvalue weighted by atomic mass is 9.96. The molecule has 4 aromatic rings. The normalized spacial score (nSPS) is 18.7. The number of anilines is 1. The van der Waals surface area contributed by atoms with E-state index in [1.165, 1.54) is 0 Å². The fourth-order valence-electron chi connectivity index (χ4n) is 5.06. The molecule has 2 aromatic carbocycles. The van der Waals surface area contributed by atoms with Crippen LogP contribution in [0.3, 0.4) is 0 Å². The zero-order valence-electron chi connectivity index (χ0n) is 19.2. The average Bonchev–Trinajstić information content (AvgIpc) is 3.55. The van der Waals surface area contributed by atoms with Crippen LogP contribution in [0.25, 0.3) is 5.69 Å². The maximum atomic E-state index is 6.15. The lowest BCUT2D eigenvalue weighted by Gasteiger charge is -2.28. The third kappa shape index (κ3) is 3.72. The van der Waals surface area contributed by atoms with Gasteiger partial charge in [-0.3, -0.25) is 4.98 Å². The number of halogens is 1. The van der Waals surface area contributed by atoms with Gasteiger partial charge in [-0.1, -0.05) is 17.7 Å². The molecule has 35 heavy (non-hydrogen) atoms. The number of thiocarbonyl (C=S) groups is 1. The summed E-state index contributed by atoms with van der Waals surface area (Å²) in [7, 11) is 0. The SMILES string of the molecule is Cc1cc([C@H]2[C@@H](c3ccccn3)NC(=S)N2c2ccc3c(c2)OCO3)c(C)n1-c1ccc(Cl)cc1. The van der Waals surface area contributed by atoms with E-state index in [9.17, 15) is 0 Å². The highest BCUT2D eigenvalue weighted by Crippen LogP contribution is 2.46. The van der Waals surface area contributed by atoms with E-state index >= 15 is 0 Å². The largest absolute Gasteiger partial charge is 0.454 e. The first-order chi connectivity index (χ1) is 17.0. The van der Waals surface area contributed by atoms with Gasteiger partial charge in [0.25, 0.3) is 0 Å². The number of rotatable bonds is 4. The van der Waals surface area contributed by atoms with Crippen LogP contribution in [0.2, 0.25) is 5.02 Å². The quantitative estimate of drug-likeness (QED) is 0.343. The Morgan fingerprint density at radius 1 is 0.971 bits per heavy atom. The van der Waals surface area contributed by atoms with E-state index in [4.69, 9.17) is 33.3 Å². The molecule has 1 fully saturated rings. The summed E-state index contributed by atoms with van der Waals surface area (Å²) in [4.78, 5) is 6.83. The minimum Gasteiger partial charge on any atom is -0.454 e. The third-order valence-electron chi connectivity index (χ3n) is 6.61. The first kappa shape index (κ1) is 21.9. The van der Waals surface area contributed by atoms with Gasteiger partial charge in [0.1, 0.15) is 0 Å². The van der Waals surface area contributed by atoms with Gasteiger partial charge >= 0.3 is 0 Å². The van der Waals surface area contributed by atoms with Crippen molar-refractivity contribution in [1.29, 1.82) is 0 Å². The zero-order valence-corrected chi connectivity index (χ0v) is 20.8.